The van der Waals surface area contributed by atoms with Crippen LogP contribution in [0.2, 0.25) is 0 Å². The van der Waals surface area contributed by atoms with Crippen molar-refractivity contribution in [3.63, 3.8) is 0 Å². The van der Waals surface area contributed by atoms with Gasteiger partial charge in [-0.3, -0.25) is 9.59 Å². The topological polar surface area (TPSA) is 70.7 Å². The number of carbonyl (C=O) groups is 2. The monoisotopic (exact) mass is 359 g/mol. The van der Waals surface area contributed by atoms with Crippen molar-refractivity contribution in [1.82, 2.24) is 5.32 Å². The van der Waals surface area contributed by atoms with Crippen LogP contribution in [-0.2, 0) is 4.74 Å². The smallest absolute Gasteiger partial charge is 0.258 e. The second-order valence-corrected chi connectivity index (χ2v) is 5.81. The number of carbonyl (C=O) groups excluding carboxylic acids is 2. The fourth-order valence-electron chi connectivity index (χ4n) is 2.39. The van der Waals surface area contributed by atoms with E-state index in [0.29, 0.717) is 30.1 Å². The van der Waals surface area contributed by atoms with E-state index in [1.165, 1.54) is 18.2 Å². The molecule has 138 valence electrons. The summed E-state index contributed by atoms with van der Waals surface area (Å²) in [6, 6.07) is 10.7. The van der Waals surface area contributed by atoms with Gasteiger partial charge in [-0.25, -0.2) is 4.39 Å². The molecule has 2 N–H and O–H groups in total. The second kappa shape index (κ2) is 8.96. The Balaban J connectivity index is 2.24. The van der Waals surface area contributed by atoms with Gasteiger partial charge in [0, 0.05) is 39.1 Å². The van der Waals surface area contributed by atoms with E-state index in [1.54, 1.807) is 36.3 Å². The molecule has 2 rings (SSSR count). The molecule has 0 bridgehead atoms. The number of anilines is 2. The highest BCUT2D eigenvalue weighted by atomic mass is 19.1. The summed E-state index contributed by atoms with van der Waals surface area (Å²) in [6.07, 6.45) is 0. The average Bonchev–Trinajstić information content (AvgIpc) is 2.61. The Morgan fingerprint density at radius 3 is 2.46 bits per heavy atom. The van der Waals surface area contributed by atoms with Crippen LogP contribution in [0.1, 0.15) is 20.7 Å². The molecule has 26 heavy (non-hydrogen) atoms. The zero-order valence-electron chi connectivity index (χ0n) is 15.0. The maximum Gasteiger partial charge on any atom is 0.258 e. The van der Waals surface area contributed by atoms with Crippen LogP contribution >= 0.6 is 0 Å². The molecule has 0 spiro atoms. The molecule has 0 heterocycles. The highest BCUT2D eigenvalue weighted by Gasteiger charge is 2.16. The van der Waals surface area contributed by atoms with Gasteiger partial charge in [0.2, 0.25) is 0 Å². The normalized spacial score (nSPS) is 10.3. The van der Waals surface area contributed by atoms with E-state index in [0.717, 1.165) is 0 Å². The van der Waals surface area contributed by atoms with Gasteiger partial charge in [-0.05, 0) is 30.3 Å². The summed E-state index contributed by atoms with van der Waals surface area (Å²) in [5, 5.41) is 5.38. The highest BCUT2D eigenvalue weighted by molar-refractivity contribution is 6.06. The van der Waals surface area contributed by atoms with Crippen LogP contribution in [-0.4, -0.2) is 46.2 Å². The van der Waals surface area contributed by atoms with Gasteiger partial charge in [0.05, 0.1) is 17.7 Å². The first-order chi connectivity index (χ1) is 12.4. The highest BCUT2D eigenvalue weighted by Crippen LogP contribution is 2.23. The lowest BCUT2D eigenvalue weighted by Gasteiger charge is -2.18. The number of halogens is 1. The molecule has 0 unspecified atom stereocenters. The van der Waals surface area contributed by atoms with Crippen LogP contribution in [0.25, 0.3) is 0 Å². The summed E-state index contributed by atoms with van der Waals surface area (Å²) < 4.78 is 18.7. The fourth-order valence-corrected chi connectivity index (χ4v) is 2.39. The molecular weight excluding hydrogens is 337 g/mol. The summed E-state index contributed by atoms with van der Waals surface area (Å²) in [6.45, 7) is 0.765. The van der Waals surface area contributed by atoms with Gasteiger partial charge in [0.1, 0.15) is 5.82 Å². The maximum absolute atomic E-state index is 13.7. The largest absolute Gasteiger partial charge is 0.383 e. The number of amides is 2. The molecular formula is C19H22FN3O3. The van der Waals surface area contributed by atoms with Gasteiger partial charge in [0.15, 0.2) is 0 Å². The molecule has 0 aliphatic rings. The van der Waals surface area contributed by atoms with E-state index in [9.17, 15) is 14.0 Å². The van der Waals surface area contributed by atoms with Crippen LogP contribution in [0.4, 0.5) is 15.8 Å². The number of nitrogens with zero attached hydrogens (tertiary/aromatic N) is 1. The molecule has 0 atom stereocenters. The molecule has 7 heteroatoms. The first kappa shape index (κ1) is 19.4. The van der Waals surface area contributed by atoms with Crippen molar-refractivity contribution in [3.8, 4) is 0 Å². The van der Waals surface area contributed by atoms with Crippen molar-refractivity contribution in [2.45, 2.75) is 0 Å². The molecule has 0 saturated carbocycles. The Hall–Kier alpha value is -2.93. The van der Waals surface area contributed by atoms with Crippen molar-refractivity contribution >= 4 is 23.2 Å². The quantitative estimate of drug-likeness (QED) is 0.746. The molecule has 0 radical (unpaired) electrons. The number of ether oxygens (including phenoxy) is 1. The van der Waals surface area contributed by atoms with Gasteiger partial charge >= 0.3 is 0 Å². The first-order valence-corrected chi connectivity index (χ1v) is 8.08. The Morgan fingerprint density at radius 1 is 1.08 bits per heavy atom. The third-order valence-corrected chi connectivity index (χ3v) is 3.69. The van der Waals surface area contributed by atoms with Crippen LogP contribution in [0, 0.1) is 5.82 Å². The Morgan fingerprint density at radius 2 is 1.81 bits per heavy atom. The van der Waals surface area contributed by atoms with Crippen molar-refractivity contribution in [1.29, 1.82) is 0 Å². The predicted molar refractivity (Wildman–Crippen MR) is 99.3 cm³/mol. The van der Waals surface area contributed by atoms with E-state index >= 15 is 0 Å². The van der Waals surface area contributed by atoms with Crippen LogP contribution in [0.5, 0.6) is 0 Å². The lowest BCUT2D eigenvalue weighted by Crippen LogP contribution is -2.28. The molecule has 2 amide bonds. The standard InChI is InChI=1S/C19H22FN3O3/c1-23(2)17-9-8-13(12-15(17)18(24)21-10-11-26-3)22-19(25)14-6-4-5-7-16(14)20/h4-9,12H,10-11H2,1-3H3,(H,21,24)(H,22,25). The van der Waals surface area contributed by atoms with Crippen LogP contribution in [0.15, 0.2) is 42.5 Å². The predicted octanol–water partition coefficient (Wildman–Crippen LogP) is 2.52. The minimum absolute atomic E-state index is 0.0599. The van der Waals surface area contributed by atoms with Gasteiger partial charge in [0.25, 0.3) is 11.8 Å². The van der Waals surface area contributed by atoms with E-state index < -0.39 is 11.7 Å². The first-order valence-electron chi connectivity index (χ1n) is 8.08. The van der Waals surface area contributed by atoms with E-state index in [-0.39, 0.29) is 11.5 Å². The number of hydrogen-bond acceptors (Lipinski definition) is 4. The number of methoxy groups -OCH3 is 1. The zero-order valence-corrected chi connectivity index (χ0v) is 15.0. The van der Waals surface area contributed by atoms with E-state index in [2.05, 4.69) is 10.6 Å². The van der Waals surface area contributed by atoms with E-state index in [1.807, 2.05) is 14.1 Å². The second-order valence-electron chi connectivity index (χ2n) is 5.81. The summed E-state index contributed by atoms with van der Waals surface area (Å²) in [7, 11) is 5.19. The van der Waals surface area contributed by atoms with Crippen molar-refractivity contribution < 1.29 is 18.7 Å². The number of nitrogens with one attached hydrogen (secondary N) is 2. The van der Waals surface area contributed by atoms with Crippen LogP contribution in [0.3, 0.4) is 0 Å². The molecule has 0 aromatic heterocycles. The molecule has 0 fully saturated rings. The summed E-state index contributed by atoms with van der Waals surface area (Å²) >= 11 is 0. The number of rotatable bonds is 7. The molecule has 0 aliphatic carbocycles. The van der Waals surface area contributed by atoms with Crippen LogP contribution < -0.4 is 15.5 Å². The summed E-state index contributed by atoms with van der Waals surface area (Å²) in [5.41, 5.74) is 1.44. The minimum Gasteiger partial charge on any atom is -0.383 e. The molecule has 0 aliphatic heterocycles. The lowest BCUT2D eigenvalue weighted by molar-refractivity contribution is 0.0936. The fraction of sp³-hybridized carbons (Fsp3) is 0.263. The maximum atomic E-state index is 13.7. The SMILES string of the molecule is COCCNC(=O)c1cc(NC(=O)c2ccccc2F)ccc1N(C)C. The molecule has 0 saturated heterocycles. The Kier molecular flexibility index (Phi) is 6.68. The molecule has 6 nitrogen and oxygen atoms in total. The lowest BCUT2D eigenvalue weighted by atomic mass is 10.1. The number of benzene rings is 2. The Labute approximate surface area is 152 Å². The van der Waals surface area contributed by atoms with Gasteiger partial charge < -0.3 is 20.3 Å². The van der Waals surface area contributed by atoms with E-state index in [4.69, 9.17) is 4.74 Å². The summed E-state index contributed by atoms with van der Waals surface area (Å²) in [5.74, 6) is -1.47. The number of hydrogen-bond donors (Lipinski definition) is 2. The summed E-state index contributed by atoms with van der Waals surface area (Å²) in [4.78, 5) is 26.5. The van der Waals surface area contributed by atoms with Crippen molar-refractivity contribution in [3.05, 3.63) is 59.4 Å². The zero-order chi connectivity index (χ0) is 19.1. The molecule has 2 aromatic carbocycles. The van der Waals surface area contributed by atoms with Crippen molar-refractivity contribution in [2.24, 2.45) is 0 Å². The minimum atomic E-state index is -0.604. The Bertz CT molecular complexity index is 793. The average molecular weight is 359 g/mol. The third-order valence-electron chi connectivity index (χ3n) is 3.69. The third kappa shape index (κ3) is 4.80. The van der Waals surface area contributed by atoms with Gasteiger partial charge in [-0.2, -0.15) is 0 Å². The van der Waals surface area contributed by atoms with Gasteiger partial charge in [-0.15, -0.1) is 0 Å². The molecule has 2 aromatic rings. The van der Waals surface area contributed by atoms with Gasteiger partial charge in [-0.1, -0.05) is 12.1 Å². The van der Waals surface area contributed by atoms with Crippen molar-refractivity contribution in [2.75, 3.05) is 44.6 Å².